The fourth-order valence-electron chi connectivity index (χ4n) is 2.30. The van der Waals surface area contributed by atoms with Crippen LogP contribution in [0.4, 0.5) is 21.9 Å². The maximum absolute atomic E-state index is 12.3. The molecular weight excluding hydrogens is 402 g/mol. The zero-order chi connectivity index (χ0) is 21.6. The van der Waals surface area contributed by atoms with Crippen LogP contribution in [0.1, 0.15) is 20.7 Å². The molecule has 10 nitrogen and oxygen atoms in total. The largest absolute Gasteiger partial charge is 0.465 e. The lowest BCUT2D eigenvalue weighted by atomic mass is 10.1. The second kappa shape index (κ2) is 9.06. The minimum absolute atomic E-state index is 0.0444. The Balaban J connectivity index is 2.18. The van der Waals surface area contributed by atoms with Crippen molar-refractivity contribution in [3.05, 3.63) is 53.6 Å². The van der Waals surface area contributed by atoms with E-state index < -0.39 is 28.0 Å². The van der Waals surface area contributed by atoms with Gasteiger partial charge in [-0.2, -0.15) is 0 Å². The number of amides is 2. The summed E-state index contributed by atoms with van der Waals surface area (Å²) in [6.07, 6.45) is 1.02. The smallest absolute Gasteiger partial charge is 0.339 e. The predicted octanol–water partition coefficient (Wildman–Crippen LogP) is 2.28. The van der Waals surface area contributed by atoms with E-state index in [1.54, 1.807) is 0 Å². The molecule has 0 bridgehead atoms. The molecule has 2 aromatic rings. The van der Waals surface area contributed by atoms with Crippen molar-refractivity contribution in [3.8, 4) is 0 Å². The van der Waals surface area contributed by atoms with E-state index in [9.17, 15) is 22.8 Å². The Morgan fingerprint density at radius 1 is 0.828 bits per heavy atom. The van der Waals surface area contributed by atoms with Gasteiger partial charge in [0.15, 0.2) is 0 Å². The third kappa shape index (κ3) is 6.21. The second-order valence-corrected chi connectivity index (χ2v) is 7.52. The van der Waals surface area contributed by atoms with Crippen molar-refractivity contribution in [3.63, 3.8) is 0 Å². The Morgan fingerprint density at radius 2 is 1.41 bits per heavy atom. The van der Waals surface area contributed by atoms with Crippen LogP contribution >= 0.6 is 0 Å². The van der Waals surface area contributed by atoms with Crippen molar-refractivity contribution >= 4 is 45.1 Å². The lowest BCUT2D eigenvalue weighted by Gasteiger charge is -2.12. The van der Waals surface area contributed by atoms with Crippen LogP contribution < -0.4 is 15.4 Å². The summed E-state index contributed by atoms with van der Waals surface area (Å²) >= 11 is 0. The van der Waals surface area contributed by atoms with Gasteiger partial charge in [0.1, 0.15) is 0 Å². The molecule has 0 heterocycles. The average molecular weight is 421 g/mol. The van der Waals surface area contributed by atoms with Gasteiger partial charge in [-0.15, -0.1) is 0 Å². The molecular formula is C18H19N3O7S. The van der Waals surface area contributed by atoms with Crippen molar-refractivity contribution < 1.29 is 32.3 Å². The zero-order valence-electron chi connectivity index (χ0n) is 15.8. The first-order valence-electron chi connectivity index (χ1n) is 8.09. The lowest BCUT2D eigenvalue weighted by Crippen LogP contribution is -2.21. The van der Waals surface area contributed by atoms with Gasteiger partial charge in [0, 0.05) is 11.4 Å². The van der Waals surface area contributed by atoms with Gasteiger partial charge >= 0.3 is 18.0 Å². The molecule has 0 aliphatic rings. The molecule has 2 amide bonds. The summed E-state index contributed by atoms with van der Waals surface area (Å²) in [6, 6.07) is 9.20. The normalized spacial score (nSPS) is 10.6. The molecule has 154 valence electrons. The van der Waals surface area contributed by atoms with Crippen LogP contribution in [-0.4, -0.2) is 46.9 Å². The highest BCUT2D eigenvalue weighted by molar-refractivity contribution is 7.92. The van der Waals surface area contributed by atoms with Gasteiger partial charge < -0.3 is 20.1 Å². The van der Waals surface area contributed by atoms with Crippen LogP contribution in [0.5, 0.6) is 0 Å². The van der Waals surface area contributed by atoms with E-state index in [1.807, 2.05) is 0 Å². The molecule has 0 fully saturated rings. The Hall–Kier alpha value is -3.60. The number of nitrogens with one attached hydrogen (secondary N) is 3. The predicted molar refractivity (Wildman–Crippen MR) is 107 cm³/mol. The number of rotatable bonds is 6. The highest BCUT2D eigenvalue weighted by Crippen LogP contribution is 2.21. The third-order valence-electron chi connectivity index (χ3n) is 3.54. The maximum Gasteiger partial charge on any atom is 0.339 e. The summed E-state index contributed by atoms with van der Waals surface area (Å²) in [7, 11) is -1.02. The number of esters is 2. The first kappa shape index (κ1) is 21.7. The monoisotopic (exact) mass is 421 g/mol. The fourth-order valence-corrected chi connectivity index (χ4v) is 2.87. The molecule has 0 saturated heterocycles. The molecule has 0 radical (unpaired) electrons. The van der Waals surface area contributed by atoms with E-state index in [-0.39, 0.29) is 16.8 Å². The van der Waals surface area contributed by atoms with Crippen molar-refractivity contribution in [1.29, 1.82) is 0 Å². The Bertz CT molecular complexity index is 1030. The average Bonchev–Trinajstić information content (AvgIpc) is 2.67. The van der Waals surface area contributed by atoms with E-state index in [0.717, 1.165) is 6.26 Å². The van der Waals surface area contributed by atoms with Gasteiger partial charge in [0.05, 0.1) is 37.3 Å². The molecule has 11 heteroatoms. The number of sulfonamides is 1. The summed E-state index contributed by atoms with van der Waals surface area (Å²) in [5.41, 5.74) is 0.921. The van der Waals surface area contributed by atoms with E-state index in [4.69, 9.17) is 0 Å². The highest BCUT2D eigenvalue weighted by Gasteiger charge is 2.17. The van der Waals surface area contributed by atoms with Crippen molar-refractivity contribution in [2.45, 2.75) is 0 Å². The van der Waals surface area contributed by atoms with E-state index >= 15 is 0 Å². The molecule has 0 unspecified atom stereocenters. The molecule has 3 N–H and O–H groups in total. The van der Waals surface area contributed by atoms with Gasteiger partial charge in [0.25, 0.3) is 0 Å². The Morgan fingerprint density at radius 3 is 1.97 bits per heavy atom. The molecule has 0 saturated carbocycles. The summed E-state index contributed by atoms with van der Waals surface area (Å²) in [5, 5.41) is 5.01. The Kier molecular flexibility index (Phi) is 6.78. The number of urea groups is 1. The minimum Gasteiger partial charge on any atom is -0.465 e. The number of carbonyl (C=O) groups is 3. The molecule has 2 aromatic carbocycles. The number of carbonyl (C=O) groups excluding carboxylic acids is 3. The molecule has 0 aromatic heterocycles. The molecule has 2 rings (SSSR count). The SMILES string of the molecule is COC(=O)c1ccc(C(=O)OC)c(NC(=O)Nc2ccc(NS(C)(=O)=O)cc2)c1. The topological polar surface area (TPSA) is 140 Å². The Labute approximate surface area is 167 Å². The summed E-state index contributed by atoms with van der Waals surface area (Å²) in [5.74, 6) is -1.34. The maximum atomic E-state index is 12.3. The van der Waals surface area contributed by atoms with E-state index in [1.165, 1.54) is 56.7 Å². The number of benzene rings is 2. The quantitative estimate of drug-likeness (QED) is 0.608. The highest BCUT2D eigenvalue weighted by atomic mass is 32.2. The summed E-state index contributed by atoms with van der Waals surface area (Å²) in [6.45, 7) is 0. The number of ether oxygens (including phenoxy) is 2. The minimum atomic E-state index is -3.41. The van der Waals surface area contributed by atoms with Crippen LogP contribution in [-0.2, 0) is 19.5 Å². The molecule has 0 atom stereocenters. The van der Waals surface area contributed by atoms with Crippen LogP contribution in [0.25, 0.3) is 0 Å². The van der Waals surface area contributed by atoms with Crippen molar-refractivity contribution in [2.75, 3.05) is 35.8 Å². The fraction of sp³-hybridized carbons (Fsp3) is 0.167. The molecule has 0 aliphatic heterocycles. The first-order chi connectivity index (χ1) is 13.6. The van der Waals surface area contributed by atoms with Crippen LogP contribution in [0.15, 0.2) is 42.5 Å². The molecule has 0 aliphatic carbocycles. The molecule has 29 heavy (non-hydrogen) atoms. The van der Waals surface area contributed by atoms with E-state index in [2.05, 4.69) is 24.8 Å². The number of hydrogen-bond acceptors (Lipinski definition) is 7. The van der Waals surface area contributed by atoms with Crippen LogP contribution in [0, 0.1) is 0 Å². The van der Waals surface area contributed by atoms with Gasteiger partial charge in [-0.3, -0.25) is 4.72 Å². The van der Waals surface area contributed by atoms with Gasteiger partial charge in [0.2, 0.25) is 10.0 Å². The molecule has 0 spiro atoms. The van der Waals surface area contributed by atoms with Gasteiger partial charge in [-0.25, -0.2) is 22.8 Å². The van der Waals surface area contributed by atoms with Crippen LogP contribution in [0.3, 0.4) is 0 Å². The standard InChI is InChI=1S/C18H19N3O7S/c1-27-16(22)11-4-9-14(17(23)28-2)15(10-11)20-18(24)19-12-5-7-13(8-6-12)21-29(3,25)26/h4-10,21H,1-3H3,(H2,19,20,24). The number of methoxy groups -OCH3 is 2. The number of hydrogen-bond donors (Lipinski definition) is 3. The van der Waals surface area contributed by atoms with Crippen molar-refractivity contribution in [1.82, 2.24) is 0 Å². The first-order valence-corrected chi connectivity index (χ1v) is 9.98. The van der Waals surface area contributed by atoms with Crippen molar-refractivity contribution in [2.24, 2.45) is 0 Å². The van der Waals surface area contributed by atoms with Crippen LogP contribution in [0.2, 0.25) is 0 Å². The van der Waals surface area contributed by atoms with Gasteiger partial charge in [-0.05, 0) is 42.5 Å². The summed E-state index contributed by atoms with van der Waals surface area (Å²) < 4.78 is 34.0. The van der Waals surface area contributed by atoms with E-state index in [0.29, 0.717) is 11.4 Å². The third-order valence-corrected chi connectivity index (χ3v) is 4.15. The lowest BCUT2D eigenvalue weighted by molar-refractivity contribution is 0.0587. The zero-order valence-corrected chi connectivity index (χ0v) is 16.6. The second-order valence-electron chi connectivity index (χ2n) is 5.77. The van der Waals surface area contributed by atoms with Gasteiger partial charge in [-0.1, -0.05) is 0 Å². The summed E-state index contributed by atoms with van der Waals surface area (Å²) in [4.78, 5) is 35.9. The number of anilines is 3.